The van der Waals surface area contributed by atoms with Gasteiger partial charge in [0.15, 0.2) is 11.5 Å². The summed E-state index contributed by atoms with van der Waals surface area (Å²) in [6, 6.07) is 6.99. The lowest BCUT2D eigenvalue weighted by atomic mass is 9.90. The molecule has 31 heavy (non-hydrogen) atoms. The van der Waals surface area contributed by atoms with Crippen molar-refractivity contribution >= 4 is 27.9 Å². The molecular formula is C22H17F2N7. The highest BCUT2D eigenvalue weighted by Crippen LogP contribution is 2.37. The Bertz CT molecular complexity index is 1410. The van der Waals surface area contributed by atoms with Crippen molar-refractivity contribution in [2.45, 2.75) is 19.9 Å². The fraction of sp³-hybridized carbons (Fsp3) is 0.136. The lowest BCUT2D eigenvalue weighted by molar-refractivity contribution is 0.584. The Morgan fingerprint density at radius 3 is 2.61 bits per heavy atom. The van der Waals surface area contributed by atoms with Gasteiger partial charge in [0, 0.05) is 17.0 Å². The Morgan fingerprint density at radius 2 is 1.81 bits per heavy atom. The molecule has 0 aliphatic heterocycles. The van der Waals surface area contributed by atoms with Crippen molar-refractivity contribution in [3.8, 4) is 11.1 Å². The molecule has 1 atom stereocenters. The smallest absolute Gasteiger partial charge is 0.162 e. The van der Waals surface area contributed by atoms with Crippen molar-refractivity contribution in [2.75, 3.05) is 5.32 Å². The van der Waals surface area contributed by atoms with Crippen molar-refractivity contribution in [1.29, 1.82) is 0 Å². The number of nitrogens with zero attached hydrogens (tertiary/aromatic N) is 5. The van der Waals surface area contributed by atoms with Crippen LogP contribution < -0.4 is 5.32 Å². The van der Waals surface area contributed by atoms with Gasteiger partial charge in [0.1, 0.15) is 29.0 Å². The Hall–Kier alpha value is -4.01. The van der Waals surface area contributed by atoms with E-state index in [0.29, 0.717) is 33.6 Å². The van der Waals surface area contributed by atoms with Gasteiger partial charge in [-0.15, -0.1) is 5.10 Å². The molecule has 5 rings (SSSR count). The van der Waals surface area contributed by atoms with Gasteiger partial charge in [0.05, 0.1) is 18.6 Å². The van der Waals surface area contributed by atoms with Gasteiger partial charge in [-0.25, -0.2) is 23.7 Å². The van der Waals surface area contributed by atoms with Gasteiger partial charge in [0.25, 0.3) is 0 Å². The highest BCUT2D eigenvalue weighted by atomic mass is 19.1. The van der Waals surface area contributed by atoms with Gasteiger partial charge >= 0.3 is 0 Å². The number of aryl methyl sites for hydroxylation is 1. The summed E-state index contributed by atoms with van der Waals surface area (Å²) in [4.78, 5) is 15.7. The van der Waals surface area contributed by atoms with E-state index in [-0.39, 0.29) is 6.04 Å². The molecule has 0 amide bonds. The molecule has 0 aliphatic carbocycles. The third kappa shape index (κ3) is 3.33. The van der Waals surface area contributed by atoms with Crippen LogP contribution in [-0.4, -0.2) is 30.1 Å². The average Bonchev–Trinajstić information content (AvgIpc) is 3.23. The van der Waals surface area contributed by atoms with Crippen molar-refractivity contribution < 1.29 is 8.78 Å². The van der Waals surface area contributed by atoms with Crippen molar-refractivity contribution in [2.24, 2.45) is 0 Å². The van der Waals surface area contributed by atoms with E-state index in [1.54, 1.807) is 12.5 Å². The Morgan fingerprint density at radius 1 is 1.00 bits per heavy atom. The normalized spacial score (nSPS) is 12.4. The molecule has 1 unspecified atom stereocenters. The number of halogens is 2. The summed E-state index contributed by atoms with van der Waals surface area (Å²) < 4.78 is 28.2. The molecular weight excluding hydrogens is 400 g/mol. The predicted molar refractivity (Wildman–Crippen MR) is 113 cm³/mol. The molecule has 0 aliphatic rings. The molecule has 2 aromatic carbocycles. The van der Waals surface area contributed by atoms with E-state index in [0.717, 1.165) is 22.6 Å². The zero-order valence-electron chi connectivity index (χ0n) is 16.7. The molecule has 0 fully saturated rings. The molecule has 154 valence electrons. The minimum absolute atomic E-state index is 0.291. The molecule has 0 bridgehead atoms. The lowest BCUT2D eigenvalue weighted by Crippen LogP contribution is -2.11. The highest BCUT2D eigenvalue weighted by molar-refractivity contribution is 5.97. The molecule has 3 aromatic heterocycles. The van der Waals surface area contributed by atoms with Crippen molar-refractivity contribution in [3.05, 3.63) is 71.9 Å². The van der Waals surface area contributed by atoms with Crippen LogP contribution >= 0.6 is 0 Å². The Kier molecular flexibility index (Phi) is 4.50. The van der Waals surface area contributed by atoms with Crippen LogP contribution in [0.1, 0.15) is 24.1 Å². The van der Waals surface area contributed by atoms with E-state index in [4.69, 9.17) is 0 Å². The summed E-state index contributed by atoms with van der Waals surface area (Å²) in [7, 11) is 0. The molecule has 2 N–H and O–H groups in total. The zero-order chi connectivity index (χ0) is 21.5. The average molecular weight is 417 g/mol. The van der Waals surface area contributed by atoms with Crippen LogP contribution in [0, 0.1) is 18.6 Å². The second-order valence-corrected chi connectivity index (χ2v) is 7.30. The van der Waals surface area contributed by atoms with E-state index in [2.05, 4.69) is 35.5 Å². The second-order valence-electron chi connectivity index (χ2n) is 7.30. The highest BCUT2D eigenvalue weighted by Gasteiger charge is 2.20. The van der Waals surface area contributed by atoms with Gasteiger partial charge in [0.2, 0.25) is 0 Å². The van der Waals surface area contributed by atoms with Crippen LogP contribution in [0.2, 0.25) is 0 Å². The predicted octanol–water partition coefficient (Wildman–Crippen LogP) is 4.72. The topological polar surface area (TPSA) is 92.3 Å². The number of hydrogen-bond acceptors (Lipinski definition) is 6. The Labute approximate surface area is 175 Å². The molecule has 0 saturated carbocycles. The molecule has 9 heteroatoms. The maximum absolute atomic E-state index is 14.1. The van der Waals surface area contributed by atoms with E-state index >= 15 is 0 Å². The van der Waals surface area contributed by atoms with E-state index < -0.39 is 11.6 Å². The van der Waals surface area contributed by atoms with Gasteiger partial charge < -0.3 is 10.3 Å². The fourth-order valence-electron chi connectivity index (χ4n) is 3.85. The first kappa shape index (κ1) is 19.0. The number of nitrogens with one attached hydrogen (secondary N) is 2. The lowest BCUT2D eigenvalue weighted by Gasteiger charge is -2.21. The zero-order valence-corrected chi connectivity index (χ0v) is 16.7. The number of fused-ring (bicyclic) bond motifs is 2. The number of aromatic nitrogens is 6. The van der Waals surface area contributed by atoms with Crippen LogP contribution in [0.4, 0.5) is 14.6 Å². The Balaban J connectivity index is 1.71. The summed E-state index contributed by atoms with van der Waals surface area (Å²) >= 11 is 0. The van der Waals surface area contributed by atoms with Crippen LogP contribution in [-0.2, 0) is 0 Å². The summed E-state index contributed by atoms with van der Waals surface area (Å²) in [5, 5.41) is 12.5. The van der Waals surface area contributed by atoms with Crippen LogP contribution in [0.25, 0.3) is 33.2 Å². The first-order valence-electron chi connectivity index (χ1n) is 9.63. The van der Waals surface area contributed by atoms with Crippen LogP contribution in [0.5, 0.6) is 0 Å². The quantitative estimate of drug-likeness (QED) is 0.440. The molecule has 3 heterocycles. The summed E-state index contributed by atoms with van der Waals surface area (Å²) in [6.07, 6.45) is 4.59. The second kappa shape index (κ2) is 7.35. The standard InChI is InChI=1S/C22H17F2N7/c1-11-5-17(12(2)30-22-20-21(26-9-25-20)27-10-28-22)18(19-16(11)3-4-29-31-19)13-6-14(23)8-15(24)7-13/h3-10,12H,1-2H3,(H2,25,26,27,28,30). The molecule has 0 saturated heterocycles. The number of anilines is 1. The maximum Gasteiger partial charge on any atom is 0.162 e. The van der Waals surface area contributed by atoms with E-state index in [9.17, 15) is 8.78 Å². The number of imidazole rings is 1. The monoisotopic (exact) mass is 417 g/mol. The third-order valence-corrected chi connectivity index (χ3v) is 5.23. The van der Waals surface area contributed by atoms with E-state index in [1.165, 1.54) is 18.5 Å². The largest absolute Gasteiger partial charge is 0.362 e. The number of H-pyrrole nitrogens is 1. The molecule has 5 aromatic rings. The summed E-state index contributed by atoms with van der Waals surface area (Å²) in [6.45, 7) is 3.91. The molecule has 0 radical (unpaired) electrons. The SMILES string of the molecule is Cc1cc(C(C)Nc2ncnc3[nH]cnc23)c(-c2cc(F)cc(F)c2)c2nnccc12. The number of rotatable bonds is 4. The minimum atomic E-state index is -0.659. The van der Waals surface area contributed by atoms with Gasteiger partial charge in [-0.3, -0.25) is 0 Å². The fourth-order valence-corrected chi connectivity index (χ4v) is 3.85. The summed E-state index contributed by atoms with van der Waals surface area (Å²) in [5.74, 6) is -0.770. The maximum atomic E-state index is 14.1. The number of aromatic amines is 1. The minimum Gasteiger partial charge on any atom is -0.362 e. The van der Waals surface area contributed by atoms with Crippen molar-refractivity contribution in [1.82, 2.24) is 30.1 Å². The number of benzene rings is 2. The van der Waals surface area contributed by atoms with Crippen LogP contribution in [0.3, 0.4) is 0 Å². The first-order chi connectivity index (χ1) is 15.0. The molecule has 7 nitrogen and oxygen atoms in total. The summed E-state index contributed by atoms with van der Waals surface area (Å²) in [5.41, 5.74) is 4.56. The third-order valence-electron chi connectivity index (χ3n) is 5.23. The van der Waals surface area contributed by atoms with Crippen molar-refractivity contribution in [3.63, 3.8) is 0 Å². The number of hydrogen-bond donors (Lipinski definition) is 2. The molecule has 0 spiro atoms. The van der Waals surface area contributed by atoms with Gasteiger partial charge in [-0.05, 0) is 48.7 Å². The van der Waals surface area contributed by atoms with E-state index in [1.807, 2.05) is 26.0 Å². The van der Waals surface area contributed by atoms with Crippen LogP contribution in [0.15, 0.2) is 49.2 Å². The van der Waals surface area contributed by atoms with Gasteiger partial charge in [-0.1, -0.05) is 6.07 Å². The first-order valence-corrected chi connectivity index (χ1v) is 9.63. The van der Waals surface area contributed by atoms with Gasteiger partial charge in [-0.2, -0.15) is 5.10 Å².